The number of nitrogens with zero attached hydrogens (tertiary/aromatic N) is 1. The molecule has 0 saturated heterocycles. The number of halogens is 2. The second kappa shape index (κ2) is 6.76. The van der Waals surface area contributed by atoms with E-state index >= 15 is 0 Å². The van der Waals surface area contributed by atoms with E-state index in [0.717, 1.165) is 11.0 Å². The molecule has 1 heterocycles. The van der Waals surface area contributed by atoms with E-state index in [0.29, 0.717) is 12.0 Å². The fraction of sp³-hybridized carbons (Fsp3) is 0.318. The molecule has 1 fully saturated rings. The first-order valence-corrected chi connectivity index (χ1v) is 9.46. The summed E-state index contributed by atoms with van der Waals surface area (Å²) in [7, 11) is 0. The standard InChI is InChI=1S/C22H20F2N2O3/c1-12-10-22(12,17-8-7-14(23)9-18(17)24)11-25-19(27)13(2)26-20(28)15-5-3-4-6-16(15)21(26)29/h3-9,12-13H,10-11H2,1-2H3,(H,25,27). The Bertz CT molecular complexity index is 1000. The van der Waals surface area contributed by atoms with E-state index in [1.807, 2.05) is 6.92 Å². The highest BCUT2D eigenvalue weighted by molar-refractivity contribution is 6.22. The summed E-state index contributed by atoms with van der Waals surface area (Å²) < 4.78 is 27.5. The average molecular weight is 398 g/mol. The van der Waals surface area contributed by atoms with Gasteiger partial charge in [0.2, 0.25) is 5.91 Å². The molecule has 2 aliphatic rings. The molecule has 3 atom stereocenters. The van der Waals surface area contributed by atoms with Crippen molar-refractivity contribution in [3.63, 3.8) is 0 Å². The first kappa shape index (κ1) is 19.2. The fourth-order valence-electron chi connectivity index (χ4n) is 4.17. The Morgan fingerprint density at radius 1 is 1.17 bits per heavy atom. The van der Waals surface area contributed by atoms with E-state index in [1.54, 1.807) is 24.3 Å². The predicted molar refractivity (Wildman–Crippen MR) is 101 cm³/mol. The largest absolute Gasteiger partial charge is 0.353 e. The van der Waals surface area contributed by atoms with Gasteiger partial charge in [-0.15, -0.1) is 0 Å². The molecule has 1 saturated carbocycles. The minimum absolute atomic E-state index is 0.109. The van der Waals surface area contributed by atoms with Crippen molar-refractivity contribution < 1.29 is 23.2 Å². The van der Waals surface area contributed by atoms with E-state index in [4.69, 9.17) is 0 Å². The van der Waals surface area contributed by atoms with Crippen molar-refractivity contribution >= 4 is 17.7 Å². The molecule has 0 spiro atoms. The van der Waals surface area contributed by atoms with Crippen LogP contribution in [0.2, 0.25) is 0 Å². The number of rotatable bonds is 5. The number of benzene rings is 2. The van der Waals surface area contributed by atoms with Gasteiger partial charge in [0.25, 0.3) is 11.8 Å². The second-order valence-corrected chi connectivity index (χ2v) is 7.81. The molecule has 150 valence electrons. The Hall–Kier alpha value is -3.09. The number of amides is 3. The van der Waals surface area contributed by atoms with Crippen LogP contribution in [0.4, 0.5) is 8.78 Å². The molecule has 7 heteroatoms. The van der Waals surface area contributed by atoms with E-state index in [1.165, 1.54) is 19.1 Å². The maximum atomic E-state index is 14.3. The third kappa shape index (κ3) is 3.01. The number of carbonyl (C=O) groups excluding carboxylic acids is 3. The van der Waals surface area contributed by atoms with Gasteiger partial charge in [0.05, 0.1) is 11.1 Å². The molecular formula is C22H20F2N2O3. The number of imide groups is 1. The van der Waals surface area contributed by atoms with Crippen LogP contribution in [0.1, 0.15) is 46.5 Å². The van der Waals surface area contributed by atoms with Crippen molar-refractivity contribution in [2.75, 3.05) is 6.54 Å². The van der Waals surface area contributed by atoms with Gasteiger partial charge in [-0.05, 0) is 43.0 Å². The molecule has 3 amide bonds. The molecule has 1 aliphatic heterocycles. The minimum Gasteiger partial charge on any atom is -0.353 e. The summed E-state index contributed by atoms with van der Waals surface area (Å²) in [6.45, 7) is 3.56. The number of nitrogens with one attached hydrogen (secondary N) is 1. The van der Waals surface area contributed by atoms with Gasteiger partial charge in [-0.1, -0.05) is 25.1 Å². The van der Waals surface area contributed by atoms with Crippen molar-refractivity contribution in [1.29, 1.82) is 0 Å². The third-order valence-electron chi connectivity index (χ3n) is 6.09. The normalized spacial score (nSPS) is 23.7. The summed E-state index contributed by atoms with van der Waals surface area (Å²) in [5.74, 6) is -2.70. The van der Waals surface area contributed by atoms with E-state index in [9.17, 15) is 23.2 Å². The molecular weight excluding hydrogens is 378 g/mol. The zero-order valence-electron chi connectivity index (χ0n) is 16.0. The smallest absolute Gasteiger partial charge is 0.262 e. The van der Waals surface area contributed by atoms with Gasteiger partial charge in [-0.25, -0.2) is 8.78 Å². The molecule has 3 unspecified atom stereocenters. The van der Waals surface area contributed by atoms with Crippen molar-refractivity contribution in [1.82, 2.24) is 10.2 Å². The lowest BCUT2D eigenvalue weighted by atomic mass is 9.92. The molecule has 0 radical (unpaired) electrons. The zero-order chi connectivity index (χ0) is 20.9. The number of hydrogen-bond donors (Lipinski definition) is 1. The number of hydrogen-bond acceptors (Lipinski definition) is 3. The Balaban J connectivity index is 1.49. The Labute approximate surface area is 166 Å². The topological polar surface area (TPSA) is 66.5 Å². The van der Waals surface area contributed by atoms with Gasteiger partial charge < -0.3 is 5.32 Å². The molecule has 4 rings (SSSR count). The number of carbonyl (C=O) groups is 3. The summed E-state index contributed by atoms with van der Waals surface area (Å²) >= 11 is 0. The summed E-state index contributed by atoms with van der Waals surface area (Å²) in [6, 6.07) is 8.87. The summed E-state index contributed by atoms with van der Waals surface area (Å²) in [5.41, 5.74) is 0.297. The monoisotopic (exact) mass is 398 g/mol. The highest BCUT2D eigenvalue weighted by Gasteiger charge is 2.54. The highest BCUT2D eigenvalue weighted by Crippen LogP contribution is 2.54. The molecule has 2 aromatic rings. The van der Waals surface area contributed by atoms with Gasteiger partial charge in [0.15, 0.2) is 0 Å². The van der Waals surface area contributed by atoms with E-state index < -0.39 is 40.8 Å². The van der Waals surface area contributed by atoms with Crippen LogP contribution in [0.15, 0.2) is 42.5 Å². The molecule has 0 bridgehead atoms. The fourth-order valence-corrected chi connectivity index (χ4v) is 4.17. The van der Waals surface area contributed by atoms with Crippen LogP contribution in [0.25, 0.3) is 0 Å². The van der Waals surface area contributed by atoms with Gasteiger partial charge >= 0.3 is 0 Å². The molecule has 1 aliphatic carbocycles. The molecule has 5 nitrogen and oxygen atoms in total. The van der Waals surface area contributed by atoms with Crippen LogP contribution in [0.5, 0.6) is 0 Å². The molecule has 0 aromatic heterocycles. The first-order chi connectivity index (χ1) is 13.8. The van der Waals surface area contributed by atoms with Crippen LogP contribution >= 0.6 is 0 Å². The summed E-state index contributed by atoms with van der Waals surface area (Å²) in [5, 5.41) is 2.76. The Kier molecular flexibility index (Phi) is 4.48. The lowest BCUT2D eigenvalue weighted by Crippen LogP contribution is -2.49. The van der Waals surface area contributed by atoms with E-state index in [-0.39, 0.29) is 23.6 Å². The predicted octanol–water partition coefficient (Wildman–Crippen LogP) is 3.04. The maximum Gasteiger partial charge on any atom is 0.262 e. The lowest BCUT2D eigenvalue weighted by Gasteiger charge is -2.24. The summed E-state index contributed by atoms with van der Waals surface area (Å²) in [6.07, 6.45) is 0.650. The van der Waals surface area contributed by atoms with Crippen molar-refractivity contribution in [2.45, 2.75) is 31.7 Å². The summed E-state index contributed by atoms with van der Waals surface area (Å²) in [4.78, 5) is 38.8. The SMILES string of the molecule is CC(C(=O)NCC1(c2ccc(F)cc2F)CC1C)N1C(=O)c2ccccc2C1=O. The van der Waals surface area contributed by atoms with E-state index in [2.05, 4.69) is 5.32 Å². The second-order valence-electron chi connectivity index (χ2n) is 7.81. The average Bonchev–Trinajstić information content (AvgIpc) is 3.28. The van der Waals surface area contributed by atoms with Crippen LogP contribution in [0.3, 0.4) is 0 Å². The van der Waals surface area contributed by atoms with Crippen LogP contribution in [-0.4, -0.2) is 35.2 Å². The van der Waals surface area contributed by atoms with Crippen LogP contribution in [0, 0.1) is 17.6 Å². The molecule has 2 aromatic carbocycles. The van der Waals surface area contributed by atoms with Gasteiger partial charge in [0, 0.05) is 18.0 Å². The van der Waals surface area contributed by atoms with Crippen LogP contribution < -0.4 is 5.32 Å². The van der Waals surface area contributed by atoms with Crippen molar-refractivity contribution in [2.24, 2.45) is 5.92 Å². The Morgan fingerprint density at radius 3 is 2.28 bits per heavy atom. The highest BCUT2D eigenvalue weighted by atomic mass is 19.1. The third-order valence-corrected chi connectivity index (χ3v) is 6.09. The van der Waals surface area contributed by atoms with Gasteiger partial charge in [-0.2, -0.15) is 0 Å². The first-order valence-electron chi connectivity index (χ1n) is 9.46. The minimum atomic E-state index is -1.01. The number of fused-ring (bicyclic) bond motifs is 1. The Morgan fingerprint density at radius 2 is 1.76 bits per heavy atom. The zero-order valence-corrected chi connectivity index (χ0v) is 16.0. The van der Waals surface area contributed by atoms with Crippen molar-refractivity contribution in [3.05, 3.63) is 70.8 Å². The molecule has 29 heavy (non-hydrogen) atoms. The van der Waals surface area contributed by atoms with Crippen molar-refractivity contribution in [3.8, 4) is 0 Å². The van der Waals surface area contributed by atoms with Gasteiger partial charge in [-0.3, -0.25) is 19.3 Å². The lowest BCUT2D eigenvalue weighted by molar-refractivity contribution is -0.124. The quantitative estimate of drug-likeness (QED) is 0.788. The van der Waals surface area contributed by atoms with Crippen LogP contribution in [-0.2, 0) is 10.2 Å². The maximum absolute atomic E-state index is 14.3. The molecule has 1 N–H and O–H groups in total. The van der Waals surface area contributed by atoms with Gasteiger partial charge in [0.1, 0.15) is 17.7 Å².